The molecule has 112 valence electrons. The highest BCUT2D eigenvalue weighted by Crippen LogP contribution is 2.28. The first-order valence-electron chi connectivity index (χ1n) is 6.67. The third-order valence-corrected chi connectivity index (χ3v) is 4.93. The summed E-state index contributed by atoms with van der Waals surface area (Å²) in [7, 11) is -3.67. The third kappa shape index (κ3) is 3.74. The van der Waals surface area contributed by atoms with E-state index in [1.54, 1.807) is 6.07 Å². The van der Waals surface area contributed by atoms with Gasteiger partial charge in [-0.1, -0.05) is 43.6 Å². The van der Waals surface area contributed by atoms with E-state index in [1.165, 1.54) is 18.3 Å². The van der Waals surface area contributed by atoms with Crippen molar-refractivity contribution in [2.24, 2.45) is 0 Å². The molecular weight excluding hydrogens is 308 g/mol. The second-order valence-electron chi connectivity index (χ2n) is 4.82. The first-order chi connectivity index (χ1) is 9.94. The van der Waals surface area contributed by atoms with Gasteiger partial charge in [-0.15, -0.1) is 0 Å². The number of rotatable bonds is 5. The molecule has 1 aromatic carbocycles. The van der Waals surface area contributed by atoms with Gasteiger partial charge in [-0.05, 0) is 36.1 Å². The maximum atomic E-state index is 12.4. The summed E-state index contributed by atoms with van der Waals surface area (Å²) in [5.74, 6) is 0.268. The van der Waals surface area contributed by atoms with Gasteiger partial charge in [0.25, 0.3) is 10.0 Å². The first-order valence-corrected chi connectivity index (χ1v) is 8.53. The van der Waals surface area contributed by atoms with Crippen molar-refractivity contribution in [3.63, 3.8) is 0 Å². The molecule has 0 saturated heterocycles. The fourth-order valence-corrected chi connectivity index (χ4v) is 3.33. The number of sulfonamides is 1. The van der Waals surface area contributed by atoms with E-state index in [1.807, 2.05) is 18.2 Å². The van der Waals surface area contributed by atoms with Crippen LogP contribution in [0.25, 0.3) is 0 Å². The molecule has 6 heteroatoms. The van der Waals surface area contributed by atoms with Crippen molar-refractivity contribution in [1.29, 1.82) is 0 Å². The Morgan fingerprint density at radius 2 is 2.00 bits per heavy atom. The maximum Gasteiger partial charge on any atom is 0.262 e. The van der Waals surface area contributed by atoms with E-state index in [9.17, 15) is 8.42 Å². The number of pyridine rings is 1. The van der Waals surface area contributed by atoms with Gasteiger partial charge in [-0.25, -0.2) is 13.4 Å². The van der Waals surface area contributed by atoms with Crippen LogP contribution in [0.2, 0.25) is 5.15 Å². The molecule has 1 heterocycles. The zero-order chi connectivity index (χ0) is 15.5. The first kappa shape index (κ1) is 15.8. The summed E-state index contributed by atoms with van der Waals surface area (Å²) in [6.07, 6.45) is 2.30. The Bertz CT molecular complexity index is 732. The van der Waals surface area contributed by atoms with E-state index in [2.05, 4.69) is 23.6 Å². The van der Waals surface area contributed by atoms with Crippen LogP contribution in [0, 0.1) is 0 Å². The van der Waals surface area contributed by atoms with Crippen LogP contribution in [-0.4, -0.2) is 13.4 Å². The van der Waals surface area contributed by atoms with Crippen molar-refractivity contribution in [2.75, 3.05) is 4.72 Å². The summed E-state index contributed by atoms with van der Waals surface area (Å²) in [5, 5.41) is 0.146. The van der Waals surface area contributed by atoms with Crippen molar-refractivity contribution in [2.45, 2.75) is 31.1 Å². The van der Waals surface area contributed by atoms with E-state index in [-0.39, 0.29) is 16.0 Å². The second kappa shape index (κ2) is 6.45. The van der Waals surface area contributed by atoms with Gasteiger partial charge in [-0.2, -0.15) is 0 Å². The highest BCUT2D eigenvalue weighted by atomic mass is 35.5. The Morgan fingerprint density at radius 1 is 1.29 bits per heavy atom. The Kier molecular flexibility index (Phi) is 4.85. The van der Waals surface area contributed by atoms with Gasteiger partial charge in [0.2, 0.25) is 0 Å². The van der Waals surface area contributed by atoms with Crippen LogP contribution >= 0.6 is 11.6 Å². The molecule has 1 atom stereocenters. The SMILES string of the molecule is CCC(C)c1ccccc1NS(=O)(=O)c1ccnc(Cl)c1. The molecule has 0 spiro atoms. The van der Waals surface area contributed by atoms with Crippen LogP contribution in [0.3, 0.4) is 0 Å². The molecule has 0 fully saturated rings. The number of hydrogen-bond acceptors (Lipinski definition) is 3. The summed E-state index contributed by atoms with van der Waals surface area (Å²) >= 11 is 5.75. The lowest BCUT2D eigenvalue weighted by atomic mass is 9.97. The van der Waals surface area contributed by atoms with Crippen LogP contribution in [0.5, 0.6) is 0 Å². The number of hydrogen-bond donors (Lipinski definition) is 1. The lowest BCUT2D eigenvalue weighted by molar-refractivity contribution is 0.601. The molecule has 21 heavy (non-hydrogen) atoms. The topological polar surface area (TPSA) is 59.1 Å². The highest BCUT2D eigenvalue weighted by Gasteiger charge is 2.18. The molecule has 0 aliphatic rings. The predicted molar refractivity (Wildman–Crippen MR) is 85.2 cm³/mol. The van der Waals surface area contributed by atoms with Crippen molar-refractivity contribution in [3.8, 4) is 0 Å². The van der Waals surface area contributed by atoms with Gasteiger partial charge in [0.05, 0.1) is 10.6 Å². The molecule has 0 aliphatic heterocycles. The van der Waals surface area contributed by atoms with E-state index in [4.69, 9.17) is 11.6 Å². The van der Waals surface area contributed by atoms with Gasteiger partial charge in [0, 0.05) is 6.20 Å². The number of nitrogens with one attached hydrogen (secondary N) is 1. The van der Waals surface area contributed by atoms with Crippen molar-refractivity contribution >= 4 is 27.3 Å². The molecule has 0 saturated carbocycles. The van der Waals surface area contributed by atoms with Crippen molar-refractivity contribution in [1.82, 2.24) is 4.98 Å². The standard InChI is InChI=1S/C15H17ClN2O2S/c1-3-11(2)13-6-4-5-7-14(13)18-21(19,20)12-8-9-17-15(16)10-12/h4-11,18H,3H2,1-2H3. The summed E-state index contributed by atoms with van der Waals surface area (Å²) in [4.78, 5) is 3.89. The molecule has 1 aromatic heterocycles. The third-order valence-electron chi connectivity index (χ3n) is 3.36. The van der Waals surface area contributed by atoms with Gasteiger partial charge >= 0.3 is 0 Å². The fourth-order valence-electron chi connectivity index (χ4n) is 2.00. The lowest BCUT2D eigenvalue weighted by Crippen LogP contribution is -2.15. The zero-order valence-electron chi connectivity index (χ0n) is 11.9. The summed E-state index contributed by atoms with van der Waals surface area (Å²) in [6.45, 7) is 4.13. The number of anilines is 1. The predicted octanol–water partition coefficient (Wildman–Crippen LogP) is 4.05. The summed E-state index contributed by atoms with van der Waals surface area (Å²) in [6, 6.07) is 10.2. The average molecular weight is 325 g/mol. The minimum atomic E-state index is -3.67. The van der Waals surface area contributed by atoms with Crippen LogP contribution in [0.15, 0.2) is 47.5 Å². The van der Waals surface area contributed by atoms with Gasteiger partial charge in [-0.3, -0.25) is 4.72 Å². The Balaban J connectivity index is 2.38. The normalized spacial score (nSPS) is 12.9. The number of para-hydroxylation sites is 1. The van der Waals surface area contributed by atoms with Crippen molar-refractivity contribution < 1.29 is 8.42 Å². The van der Waals surface area contributed by atoms with E-state index in [0.29, 0.717) is 5.69 Å². The van der Waals surface area contributed by atoms with Gasteiger partial charge < -0.3 is 0 Å². The largest absolute Gasteiger partial charge is 0.279 e. The van der Waals surface area contributed by atoms with Crippen LogP contribution < -0.4 is 4.72 Å². The Hall–Kier alpha value is -1.59. The molecule has 0 aliphatic carbocycles. The highest BCUT2D eigenvalue weighted by molar-refractivity contribution is 7.92. The van der Waals surface area contributed by atoms with E-state index in [0.717, 1.165) is 12.0 Å². The van der Waals surface area contributed by atoms with E-state index >= 15 is 0 Å². The lowest BCUT2D eigenvalue weighted by Gasteiger charge is -2.16. The molecule has 2 aromatic rings. The molecule has 1 N–H and O–H groups in total. The van der Waals surface area contributed by atoms with Gasteiger partial charge in [0.1, 0.15) is 5.15 Å². The van der Waals surface area contributed by atoms with Crippen LogP contribution in [0.1, 0.15) is 31.7 Å². The fraction of sp³-hybridized carbons (Fsp3) is 0.267. The summed E-state index contributed by atoms with van der Waals surface area (Å²) < 4.78 is 27.5. The molecule has 0 radical (unpaired) electrons. The number of benzene rings is 1. The minimum Gasteiger partial charge on any atom is -0.279 e. The zero-order valence-corrected chi connectivity index (χ0v) is 13.4. The number of nitrogens with zero attached hydrogens (tertiary/aromatic N) is 1. The molecule has 1 unspecified atom stereocenters. The quantitative estimate of drug-likeness (QED) is 0.844. The molecule has 2 rings (SSSR count). The van der Waals surface area contributed by atoms with Crippen LogP contribution in [0.4, 0.5) is 5.69 Å². The second-order valence-corrected chi connectivity index (χ2v) is 6.89. The number of aromatic nitrogens is 1. The van der Waals surface area contributed by atoms with E-state index < -0.39 is 10.0 Å². The maximum absolute atomic E-state index is 12.4. The molecular formula is C15H17ClN2O2S. The average Bonchev–Trinajstić information content (AvgIpc) is 2.46. The number of halogens is 1. The summed E-state index contributed by atoms with van der Waals surface area (Å²) in [5.41, 5.74) is 1.57. The molecule has 0 amide bonds. The van der Waals surface area contributed by atoms with Crippen LogP contribution in [-0.2, 0) is 10.0 Å². The Labute approximate surface area is 130 Å². The molecule has 0 bridgehead atoms. The van der Waals surface area contributed by atoms with Gasteiger partial charge in [0.15, 0.2) is 0 Å². The Morgan fingerprint density at radius 3 is 2.67 bits per heavy atom. The van der Waals surface area contributed by atoms with Crippen molar-refractivity contribution in [3.05, 3.63) is 53.3 Å². The minimum absolute atomic E-state index is 0.0986. The molecule has 4 nitrogen and oxygen atoms in total. The monoisotopic (exact) mass is 324 g/mol. The smallest absolute Gasteiger partial charge is 0.262 e.